The van der Waals surface area contributed by atoms with E-state index in [1.165, 1.54) is 26.3 Å². The number of fused-ring (bicyclic) bond motifs is 1. The van der Waals surface area contributed by atoms with Gasteiger partial charge in [-0.3, -0.25) is 4.79 Å². The fraction of sp³-hybridized carbons (Fsp3) is 0.115. The molecule has 8 heteroatoms. The van der Waals surface area contributed by atoms with Crippen LogP contribution in [0.1, 0.15) is 22.9 Å². The van der Waals surface area contributed by atoms with Crippen molar-refractivity contribution in [3.8, 4) is 5.75 Å². The van der Waals surface area contributed by atoms with Gasteiger partial charge in [0.05, 0.1) is 7.11 Å². The van der Waals surface area contributed by atoms with E-state index in [0.29, 0.717) is 11.3 Å². The molecule has 0 spiro atoms. The summed E-state index contributed by atoms with van der Waals surface area (Å²) in [6.45, 7) is 0. The summed E-state index contributed by atoms with van der Waals surface area (Å²) in [5.41, 5.74) is 2.14. The van der Waals surface area contributed by atoms with Crippen LogP contribution in [-0.2, 0) is 14.8 Å². The number of benzene rings is 3. The third-order valence-electron chi connectivity index (χ3n) is 5.32. The number of hydrogen-bond acceptors (Lipinski definition) is 5. The molecule has 0 saturated heterocycles. The van der Waals surface area contributed by atoms with Gasteiger partial charge in [0.25, 0.3) is 0 Å². The van der Waals surface area contributed by atoms with Gasteiger partial charge in [0.2, 0.25) is 15.9 Å². The van der Waals surface area contributed by atoms with Crippen LogP contribution >= 0.6 is 0 Å². The molecule has 0 aliphatic rings. The zero-order chi connectivity index (χ0) is 24.1. The monoisotopic (exact) mass is 476 g/mol. The van der Waals surface area contributed by atoms with E-state index < -0.39 is 16.1 Å². The van der Waals surface area contributed by atoms with Gasteiger partial charge < -0.3 is 14.5 Å². The van der Waals surface area contributed by atoms with Crippen LogP contribution in [0.3, 0.4) is 0 Å². The molecule has 0 aliphatic heterocycles. The second-order valence-corrected chi connectivity index (χ2v) is 9.35. The second kappa shape index (κ2) is 9.94. The van der Waals surface area contributed by atoms with Gasteiger partial charge in [-0.15, -0.1) is 0 Å². The summed E-state index contributed by atoms with van der Waals surface area (Å²) in [4.78, 5) is 12.8. The van der Waals surface area contributed by atoms with Gasteiger partial charge in [0, 0.05) is 11.5 Å². The quantitative estimate of drug-likeness (QED) is 0.370. The van der Waals surface area contributed by atoms with Crippen LogP contribution in [0.15, 0.2) is 94.3 Å². The molecule has 1 amide bonds. The van der Waals surface area contributed by atoms with E-state index in [-0.39, 0.29) is 16.6 Å². The molecule has 0 aliphatic carbocycles. The van der Waals surface area contributed by atoms with Crippen LogP contribution in [0.2, 0.25) is 0 Å². The van der Waals surface area contributed by atoms with Crippen LogP contribution < -0.4 is 14.8 Å². The molecule has 1 unspecified atom stereocenters. The van der Waals surface area contributed by atoms with Crippen molar-refractivity contribution in [3.63, 3.8) is 0 Å². The molecular weight excluding hydrogens is 452 g/mol. The second-order valence-electron chi connectivity index (χ2n) is 7.49. The van der Waals surface area contributed by atoms with E-state index in [9.17, 15) is 13.2 Å². The van der Waals surface area contributed by atoms with Crippen LogP contribution in [0.5, 0.6) is 5.75 Å². The van der Waals surface area contributed by atoms with Gasteiger partial charge in [-0.2, -0.15) is 0 Å². The molecule has 1 heterocycles. The predicted molar refractivity (Wildman–Crippen MR) is 131 cm³/mol. The first kappa shape index (κ1) is 23.3. The van der Waals surface area contributed by atoms with Gasteiger partial charge in [-0.1, -0.05) is 54.6 Å². The standard InChI is InChI=1S/C26H24N2O5S/c1-27-34(30,31)24-16-18(12-14-22(24)32-2)13-15-25(29)28-26(19-8-4-3-5-9-19)23-17-20-10-6-7-11-21(20)33-23/h3-17,26-27H,1-2H3,(H,28,29)/b15-13+. The first-order chi connectivity index (χ1) is 16.4. The molecule has 0 fully saturated rings. The number of para-hydroxylation sites is 1. The highest BCUT2D eigenvalue weighted by Crippen LogP contribution is 2.29. The fourth-order valence-corrected chi connectivity index (χ4v) is 4.52. The van der Waals surface area contributed by atoms with Gasteiger partial charge in [-0.25, -0.2) is 13.1 Å². The number of hydrogen-bond donors (Lipinski definition) is 2. The molecule has 4 aromatic rings. The third-order valence-corrected chi connectivity index (χ3v) is 6.76. The number of carbonyl (C=O) groups excluding carboxylic acids is 1. The minimum atomic E-state index is -3.73. The Morgan fingerprint density at radius 2 is 1.74 bits per heavy atom. The Bertz CT molecular complexity index is 1410. The molecule has 4 rings (SSSR count). The van der Waals surface area contributed by atoms with Crippen molar-refractivity contribution in [1.82, 2.24) is 10.0 Å². The number of ether oxygens (including phenoxy) is 1. The van der Waals surface area contributed by atoms with Crippen molar-refractivity contribution < 1.29 is 22.4 Å². The molecule has 0 saturated carbocycles. The van der Waals surface area contributed by atoms with Crippen LogP contribution in [0.25, 0.3) is 17.0 Å². The number of furan rings is 1. The van der Waals surface area contributed by atoms with E-state index >= 15 is 0 Å². The van der Waals surface area contributed by atoms with Crippen molar-refractivity contribution in [2.24, 2.45) is 0 Å². The van der Waals surface area contributed by atoms with E-state index in [1.54, 1.807) is 18.2 Å². The largest absolute Gasteiger partial charge is 0.495 e. The third kappa shape index (κ3) is 5.03. The first-order valence-corrected chi connectivity index (χ1v) is 12.0. The lowest BCUT2D eigenvalue weighted by molar-refractivity contribution is -0.117. The summed E-state index contributed by atoms with van der Waals surface area (Å²) < 4.78 is 38.0. The minimum absolute atomic E-state index is 0.00973. The number of nitrogens with one attached hydrogen (secondary N) is 2. The van der Waals surface area contributed by atoms with E-state index in [0.717, 1.165) is 16.5 Å². The Balaban J connectivity index is 1.61. The van der Waals surface area contributed by atoms with Gasteiger partial charge >= 0.3 is 0 Å². The zero-order valence-corrected chi connectivity index (χ0v) is 19.5. The van der Waals surface area contributed by atoms with Crippen LogP contribution in [-0.4, -0.2) is 28.5 Å². The highest BCUT2D eigenvalue weighted by Gasteiger charge is 2.21. The number of rotatable bonds is 8. The highest BCUT2D eigenvalue weighted by molar-refractivity contribution is 7.89. The van der Waals surface area contributed by atoms with Crippen molar-refractivity contribution in [3.05, 3.63) is 102 Å². The molecule has 2 N–H and O–H groups in total. The number of amides is 1. The fourth-order valence-electron chi connectivity index (χ4n) is 3.59. The molecule has 0 bridgehead atoms. The molecule has 0 radical (unpaired) electrons. The number of methoxy groups -OCH3 is 1. The summed E-state index contributed by atoms with van der Waals surface area (Å²) in [5.74, 6) is 0.467. The maximum absolute atomic E-state index is 12.9. The molecule has 1 aromatic heterocycles. The molecule has 34 heavy (non-hydrogen) atoms. The Hall–Kier alpha value is -3.88. The molecule has 174 valence electrons. The molecule has 7 nitrogen and oxygen atoms in total. The van der Waals surface area contributed by atoms with Crippen molar-refractivity contribution >= 4 is 33.0 Å². The van der Waals surface area contributed by atoms with E-state index in [1.807, 2.05) is 60.7 Å². The van der Waals surface area contributed by atoms with Gasteiger partial charge in [0.1, 0.15) is 28.0 Å². The number of sulfonamides is 1. The Kier molecular flexibility index (Phi) is 6.81. The Morgan fingerprint density at radius 1 is 1.00 bits per heavy atom. The maximum atomic E-state index is 12.9. The van der Waals surface area contributed by atoms with Crippen molar-refractivity contribution in [1.29, 1.82) is 0 Å². The number of carbonyl (C=O) groups is 1. The zero-order valence-electron chi connectivity index (χ0n) is 18.7. The maximum Gasteiger partial charge on any atom is 0.244 e. The topological polar surface area (TPSA) is 97.6 Å². The van der Waals surface area contributed by atoms with Crippen LogP contribution in [0, 0.1) is 0 Å². The SMILES string of the molecule is CNS(=O)(=O)c1cc(/C=C/C(=O)NC(c2ccccc2)c2cc3ccccc3o2)ccc1OC. The molecular formula is C26H24N2O5S. The van der Waals surface area contributed by atoms with E-state index in [4.69, 9.17) is 9.15 Å². The summed E-state index contributed by atoms with van der Waals surface area (Å²) in [5, 5.41) is 3.93. The van der Waals surface area contributed by atoms with Gasteiger partial charge in [0.15, 0.2) is 0 Å². The van der Waals surface area contributed by atoms with E-state index in [2.05, 4.69) is 10.0 Å². The lowest BCUT2D eigenvalue weighted by atomic mass is 10.0. The summed E-state index contributed by atoms with van der Waals surface area (Å²) in [6, 6.07) is 23.3. The normalized spacial score (nSPS) is 12.6. The average Bonchev–Trinajstić information content (AvgIpc) is 3.30. The van der Waals surface area contributed by atoms with Crippen molar-refractivity contribution in [2.45, 2.75) is 10.9 Å². The Labute approximate surface area is 198 Å². The summed E-state index contributed by atoms with van der Waals surface area (Å²) >= 11 is 0. The first-order valence-electron chi connectivity index (χ1n) is 10.5. The lowest BCUT2D eigenvalue weighted by Gasteiger charge is -2.16. The predicted octanol–water partition coefficient (Wildman–Crippen LogP) is 4.27. The minimum Gasteiger partial charge on any atom is -0.495 e. The van der Waals surface area contributed by atoms with Crippen molar-refractivity contribution in [2.75, 3.05) is 14.2 Å². The lowest BCUT2D eigenvalue weighted by Crippen LogP contribution is -2.27. The summed E-state index contributed by atoms with van der Waals surface area (Å²) in [6.07, 6.45) is 2.90. The smallest absolute Gasteiger partial charge is 0.244 e. The average molecular weight is 477 g/mol. The summed E-state index contributed by atoms with van der Waals surface area (Å²) in [7, 11) is -1.00. The Morgan fingerprint density at radius 3 is 2.44 bits per heavy atom. The molecule has 3 aromatic carbocycles. The molecule has 1 atom stereocenters. The highest BCUT2D eigenvalue weighted by atomic mass is 32.2. The van der Waals surface area contributed by atoms with Crippen LogP contribution in [0.4, 0.5) is 0 Å². The van der Waals surface area contributed by atoms with Gasteiger partial charge in [-0.05, 0) is 48.5 Å².